The molecular weight excluding hydrogens is 290 g/mol. The standard InChI is InChI=1S/C15H22BrNO/c1-3-15(12-5-4-6-14(16)9-12)10-13(15)11-17-7-8-18-2/h4-6,9,13,17H,3,7-8,10-11H2,1-2H3. The van der Waals surface area contributed by atoms with Crippen LogP contribution in [0.2, 0.25) is 0 Å². The van der Waals surface area contributed by atoms with Gasteiger partial charge in [-0.3, -0.25) is 0 Å². The summed E-state index contributed by atoms with van der Waals surface area (Å²) in [6.07, 6.45) is 2.53. The van der Waals surface area contributed by atoms with Gasteiger partial charge in [0.25, 0.3) is 0 Å². The summed E-state index contributed by atoms with van der Waals surface area (Å²) in [7, 11) is 1.75. The van der Waals surface area contributed by atoms with E-state index in [1.807, 2.05) is 0 Å². The summed E-state index contributed by atoms with van der Waals surface area (Å²) in [5.41, 5.74) is 1.89. The first-order valence-electron chi connectivity index (χ1n) is 6.68. The van der Waals surface area contributed by atoms with Crippen LogP contribution in [0.4, 0.5) is 0 Å². The molecule has 0 aromatic heterocycles. The zero-order valence-electron chi connectivity index (χ0n) is 11.2. The van der Waals surface area contributed by atoms with Gasteiger partial charge in [-0.2, -0.15) is 0 Å². The van der Waals surface area contributed by atoms with Crippen molar-refractivity contribution in [3.63, 3.8) is 0 Å². The van der Waals surface area contributed by atoms with Crippen LogP contribution < -0.4 is 5.32 Å². The van der Waals surface area contributed by atoms with Gasteiger partial charge in [-0.15, -0.1) is 0 Å². The van der Waals surface area contributed by atoms with Crippen molar-refractivity contribution in [1.82, 2.24) is 5.32 Å². The summed E-state index contributed by atoms with van der Waals surface area (Å²) < 4.78 is 6.24. The van der Waals surface area contributed by atoms with E-state index in [2.05, 4.69) is 52.4 Å². The Hall–Kier alpha value is -0.380. The molecule has 1 aliphatic carbocycles. The Morgan fingerprint density at radius 1 is 1.50 bits per heavy atom. The minimum atomic E-state index is 0.407. The van der Waals surface area contributed by atoms with E-state index < -0.39 is 0 Å². The van der Waals surface area contributed by atoms with E-state index in [4.69, 9.17) is 4.74 Å². The SMILES string of the molecule is CCC1(c2cccc(Br)c2)CC1CNCCOC. The molecule has 0 aliphatic heterocycles. The predicted molar refractivity (Wildman–Crippen MR) is 79.0 cm³/mol. The number of rotatable bonds is 7. The molecular formula is C15H22BrNO. The smallest absolute Gasteiger partial charge is 0.0587 e. The van der Waals surface area contributed by atoms with Crippen LogP contribution in [0.25, 0.3) is 0 Å². The third-order valence-electron chi connectivity index (χ3n) is 4.14. The Balaban J connectivity index is 1.94. The summed E-state index contributed by atoms with van der Waals surface area (Å²) in [4.78, 5) is 0. The van der Waals surface area contributed by atoms with Gasteiger partial charge in [0.05, 0.1) is 6.61 Å². The Bertz CT molecular complexity index is 396. The normalized spacial score (nSPS) is 26.3. The van der Waals surface area contributed by atoms with Crippen LogP contribution in [-0.2, 0) is 10.2 Å². The highest BCUT2D eigenvalue weighted by Gasteiger charge is 2.52. The summed E-state index contributed by atoms with van der Waals surface area (Å²) >= 11 is 3.57. The number of benzene rings is 1. The first-order chi connectivity index (χ1) is 8.73. The van der Waals surface area contributed by atoms with Crippen LogP contribution in [0, 0.1) is 5.92 Å². The molecule has 1 saturated carbocycles. The molecule has 3 heteroatoms. The van der Waals surface area contributed by atoms with Crippen molar-refractivity contribution in [3.8, 4) is 0 Å². The fraction of sp³-hybridized carbons (Fsp3) is 0.600. The first kappa shape index (κ1) is 14.0. The average Bonchev–Trinajstić information content (AvgIpc) is 3.10. The van der Waals surface area contributed by atoms with Gasteiger partial charge < -0.3 is 10.1 Å². The van der Waals surface area contributed by atoms with Gasteiger partial charge in [0, 0.05) is 18.1 Å². The zero-order chi connectivity index (χ0) is 13.0. The largest absolute Gasteiger partial charge is 0.383 e. The van der Waals surface area contributed by atoms with Gasteiger partial charge in [-0.25, -0.2) is 0 Å². The van der Waals surface area contributed by atoms with Crippen molar-refractivity contribution >= 4 is 15.9 Å². The number of methoxy groups -OCH3 is 1. The lowest BCUT2D eigenvalue weighted by Crippen LogP contribution is -2.24. The average molecular weight is 312 g/mol. The highest BCUT2D eigenvalue weighted by Crippen LogP contribution is 2.56. The molecule has 2 rings (SSSR count). The number of hydrogen-bond donors (Lipinski definition) is 1. The fourth-order valence-electron chi connectivity index (χ4n) is 2.89. The van der Waals surface area contributed by atoms with E-state index in [1.54, 1.807) is 7.11 Å². The molecule has 1 fully saturated rings. The van der Waals surface area contributed by atoms with Crippen molar-refractivity contribution in [2.24, 2.45) is 5.92 Å². The lowest BCUT2D eigenvalue weighted by molar-refractivity contribution is 0.199. The predicted octanol–water partition coefficient (Wildman–Crippen LogP) is 3.35. The third-order valence-corrected chi connectivity index (χ3v) is 4.63. The number of ether oxygens (including phenoxy) is 1. The van der Waals surface area contributed by atoms with E-state index in [1.165, 1.54) is 22.9 Å². The number of halogens is 1. The molecule has 0 radical (unpaired) electrons. The maximum absolute atomic E-state index is 5.05. The van der Waals surface area contributed by atoms with Gasteiger partial charge >= 0.3 is 0 Å². The quantitative estimate of drug-likeness (QED) is 0.780. The molecule has 0 saturated heterocycles. The van der Waals surface area contributed by atoms with Gasteiger partial charge in [0.1, 0.15) is 0 Å². The van der Waals surface area contributed by atoms with Crippen LogP contribution in [-0.4, -0.2) is 26.8 Å². The third kappa shape index (κ3) is 2.95. The minimum absolute atomic E-state index is 0.407. The minimum Gasteiger partial charge on any atom is -0.383 e. The molecule has 1 N–H and O–H groups in total. The van der Waals surface area contributed by atoms with E-state index in [-0.39, 0.29) is 0 Å². The molecule has 0 bridgehead atoms. The second kappa shape index (κ2) is 6.18. The second-order valence-corrected chi connectivity index (χ2v) is 6.03. The van der Waals surface area contributed by atoms with Gasteiger partial charge in [-0.1, -0.05) is 35.0 Å². The lowest BCUT2D eigenvalue weighted by atomic mass is 9.90. The molecule has 0 heterocycles. The first-order valence-corrected chi connectivity index (χ1v) is 7.48. The highest BCUT2D eigenvalue weighted by molar-refractivity contribution is 9.10. The molecule has 0 amide bonds. The Kier molecular flexibility index (Phi) is 4.82. The molecule has 2 atom stereocenters. The molecule has 2 nitrogen and oxygen atoms in total. The molecule has 1 aromatic carbocycles. The number of hydrogen-bond acceptors (Lipinski definition) is 2. The van der Waals surface area contributed by atoms with Crippen LogP contribution in [0.1, 0.15) is 25.3 Å². The number of nitrogens with one attached hydrogen (secondary N) is 1. The van der Waals surface area contributed by atoms with E-state index in [0.717, 1.165) is 25.6 Å². The molecule has 1 aromatic rings. The zero-order valence-corrected chi connectivity index (χ0v) is 12.8. The van der Waals surface area contributed by atoms with Gasteiger partial charge in [0.2, 0.25) is 0 Å². The van der Waals surface area contributed by atoms with E-state index in [0.29, 0.717) is 5.41 Å². The Labute approximate surface area is 118 Å². The van der Waals surface area contributed by atoms with Crippen molar-refractivity contribution in [3.05, 3.63) is 34.3 Å². The second-order valence-electron chi connectivity index (χ2n) is 5.12. The molecule has 100 valence electrons. The highest BCUT2D eigenvalue weighted by atomic mass is 79.9. The molecule has 1 aliphatic rings. The molecule has 2 unspecified atom stereocenters. The molecule has 18 heavy (non-hydrogen) atoms. The van der Waals surface area contributed by atoms with Crippen LogP contribution in [0.3, 0.4) is 0 Å². The van der Waals surface area contributed by atoms with Gasteiger partial charge in [-0.05, 0) is 48.4 Å². The van der Waals surface area contributed by atoms with Crippen LogP contribution in [0.15, 0.2) is 28.7 Å². The monoisotopic (exact) mass is 311 g/mol. The van der Waals surface area contributed by atoms with Crippen molar-refractivity contribution in [2.45, 2.75) is 25.2 Å². The maximum atomic E-state index is 5.05. The lowest BCUT2D eigenvalue weighted by Gasteiger charge is -2.16. The fourth-order valence-corrected chi connectivity index (χ4v) is 3.29. The Morgan fingerprint density at radius 3 is 3.00 bits per heavy atom. The van der Waals surface area contributed by atoms with Crippen LogP contribution >= 0.6 is 15.9 Å². The van der Waals surface area contributed by atoms with E-state index >= 15 is 0 Å². The summed E-state index contributed by atoms with van der Waals surface area (Å²) in [6, 6.07) is 8.79. The summed E-state index contributed by atoms with van der Waals surface area (Å²) in [5, 5.41) is 3.48. The molecule has 0 spiro atoms. The Morgan fingerprint density at radius 2 is 2.33 bits per heavy atom. The summed E-state index contributed by atoms with van der Waals surface area (Å²) in [5.74, 6) is 0.772. The maximum Gasteiger partial charge on any atom is 0.0587 e. The van der Waals surface area contributed by atoms with Crippen molar-refractivity contribution in [1.29, 1.82) is 0 Å². The summed E-state index contributed by atoms with van der Waals surface area (Å²) in [6.45, 7) is 5.15. The topological polar surface area (TPSA) is 21.3 Å². The van der Waals surface area contributed by atoms with E-state index in [9.17, 15) is 0 Å². The van der Waals surface area contributed by atoms with Crippen LogP contribution in [0.5, 0.6) is 0 Å². The van der Waals surface area contributed by atoms with Crippen molar-refractivity contribution < 1.29 is 4.74 Å². The van der Waals surface area contributed by atoms with Gasteiger partial charge in [0.15, 0.2) is 0 Å². The van der Waals surface area contributed by atoms with Crippen molar-refractivity contribution in [2.75, 3.05) is 26.8 Å².